The summed E-state index contributed by atoms with van der Waals surface area (Å²) < 4.78 is 32.2. The number of nitrogens with one attached hydrogen (secondary N) is 1. The van der Waals surface area contributed by atoms with Crippen LogP contribution in [0.2, 0.25) is 0 Å². The molecular formula is C15H22F2N2O. The Morgan fingerprint density at radius 1 is 1.35 bits per heavy atom. The Kier molecular flexibility index (Phi) is 4.94. The minimum absolute atomic E-state index is 0.0628. The molecule has 0 aromatic heterocycles. The fourth-order valence-corrected chi connectivity index (χ4v) is 2.90. The van der Waals surface area contributed by atoms with E-state index < -0.39 is 5.92 Å². The van der Waals surface area contributed by atoms with Gasteiger partial charge in [0.25, 0.3) is 0 Å². The Balaban J connectivity index is 2.16. The molecule has 0 heterocycles. The molecule has 3 nitrogen and oxygen atoms in total. The van der Waals surface area contributed by atoms with Gasteiger partial charge in [-0.2, -0.15) is 0 Å². The smallest absolute Gasteiger partial charge is 0.248 e. The predicted octanol–water partition coefficient (Wildman–Crippen LogP) is 3.42. The third-order valence-electron chi connectivity index (χ3n) is 3.97. The maximum atomic E-state index is 13.3. The van der Waals surface area contributed by atoms with Crippen molar-refractivity contribution in [3.05, 3.63) is 29.8 Å². The maximum Gasteiger partial charge on any atom is 0.248 e. The number of alkyl halides is 2. The van der Waals surface area contributed by atoms with Crippen LogP contribution in [-0.4, -0.2) is 12.5 Å². The van der Waals surface area contributed by atoms with Gasteiger partial charge in [0.2, 0.25) is 5.92 Å². The van der Waals surface area contributed by atoms with Gasteiger partial charge >= 0.3 is 0 Å². The summed E-state index contributed by atoms with van der Waals surface area (Å²) in [6.45, 7) is 2.49. The summed E-state index contributed by atoms with van der Waals surface area (Å²) in [6, 6.07) is 7.51. The molecule has 0 amide bonds. The molecule has 0 radical (unpaired) electrons. The van der Waals surface area contributed by atoms with Crippen molar-refractivity contribution in [3.8, 4) is 5.75 Å². The first kappa shape index (κ1) is 15.2. The van der Waals surface area contributed by atoms with Crippen molar-refractivity contribution in [2.75, 3.05) is 6.61 Å². The lowest BCUT2D eigenvalue weighted by molar-refractivity contribution is -0.0498. The van der Waals surface area contributed by atoms with Crippen LogP contribution in [0.3, 0.4) is 0 Å². The molecule has 1 aromatic rings. The van der Waals surface area contributed by atoms with Crippen molar-refractivity contribution in [3.63, 3.8) is 0 Å². The summed E-state index contributed by atoms with van der Waals surface area (Å²) in [5.74, 6) is 4.04. The molecule has 3 N–H and O–H groups in total. The van der Waals surface area contributed by atoms with Crippen LogP contribution in [0.4, 0.5) is 8.78 Å². The van der Waals surface area contributed by atoms with Gasteiger partial charge in [-0.15, -0.1) is 0 Å². The van der Waals surface area contributed by atoms with Gasteiger partial charge in [-0.05, 0) is 31.7 Å². The topological polar surface area (TPSA) is 47.3 Å². The van der Waals surface area contributed by atoms with Crippen LogP contribution >= 0.6 is 0 Å². The van der Waals surface area contributed by atoms with Crippen molar-refractivity contribution in [2.45, 2.75) is 44.6 Å². The van der Waals surface area contributed by atoms with Crippen molar-refractivity contribution in [1.82, 2.24) is 5.43 Å². The molecule has 1 saturated carbocycles. The van der Waals surface area contributed by atoms with Crippen molar-refractivity contribution < 1.29 is 13.5 Å². The third-order valence-corrected chi connectivity index (χ3v) is 3.97. The van der Waals surface area contributed by atoms with Crippen molar-refractivity contribution >= 4 is 0 Å². The summed E-state index contributed by atoms with van der Waals surface area (Å²) in [5.41, 5.74) is 3.74. The fraction of sp³-hybridized carbons (Fsp3) is 0.600. The molecule has 5 heteroatoms. The van der Waals surface area contributed by atoms with E-state index in [2.05, 4.69) is 5.43 Å². The summed E-state index contributed by atoms with van der Waals surface area (Å²) in [4.78, 5) is 0. The zero-order valence-corrected chi connectivity index (χ0v) is 11.7. The van der Waals surface area contributed by atoms with E-state index in [1.807, 2.05) is 31.2 Å². The van der Waals surface area contributed by atoms with Crippen LogP contribution in [0.25, 0.3) is 0 Å². The van der Waals surface area contributed by atoms with E-state index in [0.717, 1.165) is 11.3 Å². The van der Waals surface area contributed by atoms with Gasteiger partial charge in [0.15, 0.2) is 0 Å². The molecule has 1 unspecified atom stereocenters. The average Bonchev–Trinajstić information content (AvgIpc) is 2.43. The van der Waals surface area contributed by atoms with Crippen LogP contribution in [0.15, 0.2) is 24.3 Å². The average molecular weight is 284 g/mol. The molecule has 0 aliphatic heterocycles. The van der Waals surface area contributed by atoms with Gasteiger partial charge < -0.3 is 4.74 Å². The number of nitrogens with two attached hydrogens (primary N) is 1. The standard InChI is InChI=1S/C15H22F2N2O/c1-2-20-13-6-4-3-5-12(13)14(19-18)11-7-9-15(16,17)10-8-11/h3-6,11,14,19H,2,7-10,18H2,1H3. The summed E-state index contributed by atoms with van der Waals surface area (Å²) in [7, 11) is 0. The highest BCUT2D eigenvalue weighted by Gasteiger charge is 2.38. The highest BCUT2D eigenvalue weighted by molar-refractivity contribution is 5.36. The van der Waals surface area contributed by atoms with Gasteiger partial charge in [-0.25, -0.2) is 8.78 Å². The maximum absolute atomic E-state index is 13.3. The first-order valence-electron chi connectivity index (χ1n) is 7.13. The number of para-hydroxylation sites is 1. The van der Waals surface area contributed by atoms with Crippen LogP contribution in [0, 0.1) is 5.92 Å². The van der Waals surface area contributed by atoms with E-state index in [1.165, 1.54) is 0 Å². The molecular weight excluding hydrogens is 262 g/mol. The van der Waals surface area contributed by atoms with E-state index in [4.69, 9.17) is 10.6 Å². The second-order valence-corrected chi connectivity index (χ2v) is 5.31. The SMILES string of the molecule is CCOc1ccccc1C(NN)C1CCC(F)(F)CC1. The quantitative estimate of drug-likeness (QED) is 0.643. The lowest BCUT2D eigenvalue weighted by Gasteiger charge is -2.34. The number of ether oxygens (including phenoxy) is 1. The van der Waals surface area contributed by atoms with Gasteiger partial charge in [0.05, 0.1) is 12.6 Å². The first-order valence-corrected chi connectivity index (χ1v) is 7.13. The molecule has 112 valence electrons. The number of hydrazine groups is 1. The summed E-state index contributed by atoms with van der Waals surface area (Å²) in [5, 5.41) is 0. The van der Waals surface area contributed by atoms with E-state index in [-0.39, 0.29) is 24.8 Å². The van der Waals surface area contributed by atoms with Crippen molar-refractivity contribution in [2.24, 2.45) is 11.8 Å². The van der Waals surface area contributed by atoms with Gasteiger partial charge in [-0.3, -0.25) is 11.3 Å². The predicted molar refractivity (Wildman–Crippen MR) is 74.6 cm³/mol. The third kappa shape index (κ3) is 3.46. The van der Waals surface area contributed by atoms with Gasteiger partial charge in [0.1, 0.15) is 5.75 Å². The van der Waals surface area contributed by atoms with E-state index in [1.54, 1.807) is 0 Å². The molecule has 1 aliphatic rings. The Hall–Kier alpha value is -1.20. The molecule has 0 bridgehead atoms. The fourth-order valence-electron chi connectivity index (χ4n) is 2.90. The molecule has 2 rings (SSSR count). The highest BCUT2D eigenvalue weighted by Crippen LogP contribution is 2.42. The van der Waals surface area contributed by atoms with Crippen LogP contribution in [0.5, 0.6) is 5.75 Å². The summed E-state index contributed by atoms with van der Waals surface area (Å²) in [6.07, 6.45) is 0.823. The number of halogens is 2. The largest absolute Gasteiger partial charge is 0.494 e. The number of rotatable bonds is 5. The summed E-state index contributed by atoms with van der Waals surface area (Å²) >= 11 is 0. The minimum atomic E-state index is -2.52. The van der Waals surface area contributed by atoms with Crippen LogP contribution in [-0.2, 0) is 0 Å². The highest BCUT2D eigenvalue weighted by atomic mass is 19.3. The van der Waals surface area contributed by atoms with E-state index in [0.29, 0.717) is 19.4 Å². The lowest BCUT2D eigenvalue weighted by atomic mass is 9.79. The monoisotopic (exact) mass is 284 g/mol. The molecule has 1 aliphatic carbocycles. The zero-order chi connectivity index (χ0) is 14.6. The first-order chi connectivity index (χ1) is 9.57. The number of hydrogen-bond acceptors (Lipinski definition) is 3. The van der Waals surface area contributed by atoms with Gasteiger partial charge in [0, 0.05) is 18.4 Å². The second kappa shape index (κ2) is 6.50. The molecule has 20 heavy (non-hydrogen) atoms. The Morgan fingerprint density at radius 2 is 2.00 bits per heavy atom. The molecule has 1 atom stereocenters. The Labute approximate surface area is 118 Å². The Bertz CT molecular complexity index is 430. The molecule has 1 fully saturated rings. The van der Waals surface area contributed by atoms with Gasteiger partial charge in [-0.1, -0.05) is 18.2 Å². The molecule has 0 spiro atoms. The second-order valence-electron chi connectivity index (χ2n) is 5.31. The number of hydrogen-bond donors (Lipinski definition) is 2. The van der Waals surface area contributed by atoms with E-state index >= 15 is 0 Å². The van der Waals surface area contributed by atoms with Crippen LogP contribution in [0.1, 0.15) is 44.2 Å². The molecule has 0 saturated heterocycles. The lowest BCUT2D eigenvalue weighted by Crippen LogP contribution is -2.37. The van der Waals surface area contributed by atoms with Crippen molar-refractivity contribution in [1.29, 1.82) is 0 Å². The minimum Gasteiger partial charge on any atom is -0.494 e. The normalized spacial score (nSPS) is 20.6. The Morgan fingerprint density at radius 3 is 2.60 bits per heavy atom. The number of benzene rings is 1. The van der Waals surface area contributed by atoms with Crippen LogP contribution < -0.4 is 16.0 Å². The molecule has 1 aromatic carbocycles. The zero-order valence-electron chi connectivity index (χ0n) is 11.7. The van der Waals surface area contributed by atoms with E-state index in [9.17, 15) is 8.78 Å².